The highest BCUT2D eigenvalue weighted by molar-refractivity contribution is 5.23. The lowest BCUT2D eigenvalue weighted by Crippen LogP contribution is -2.42. The number of ether oxygens (including phenoxy) is 1. The first-order chi connectivity index (χ1) is 9.27. The molecule has 0 bridgehead atoms. The van der Waals surface area contributed by atoms with Gasteiger partial charge in [0.05, 0.1) is 6.61 Å². The summed E-state index contributed by atoms with van der Waals surface area (Å²) < 4.78 is 5.11. The van der Waals surface area contributed by atoms with Crippen LogP contribution in [0.25, 0.3) is 0 Å². The van der Waals surface area contributed by atoms with Crippen molar-refractivity contribution in [2.45, 2.75) is 38.0 Å². The third-order valence-corrected chi connectivity index (χ3v) is 4.45. The molecule has 1 aromatic rings. The molecule has 0 amide bonds. The maximum Gasteiger partial charge on any atom is 0.0587 e. The van der Waals surface area contributed by atoms with Gasteiger partial charge in [-0.3, -0.25) is 4.98 Å². The Bertz CT molecular complexity index is 358. The van der Waals surface area contributed by atoms with Crippen molar-refractivity contribution in [2.24, 2.45) is 5.92 Å². The highest BCUT2D eigenvalue weighted by Gasteiger charge is 2.35. The van der Waals surface area contributed by atoms with Gasteiger partial charge in [0, 0.05) is 38.0 Å². The van der Waals surface area contributed by atoms with E-state index in [2.05, 4.69) is 29.4 Å². The first-order valence-corrected chi connectivity index (χ1v) is 7.37. The first-order valence-electron chi connectivity index (χ1n) is 7.37. The molecule has 0 radical (unpaired) electrons. The molecule has 0 spiro atoms. The van der Waals surface area contributed by atoms with Crippen LogP contribution in [-0.2, 0) is 10.2 Å². The summed E-state index contributed by atoms with van der Waals surface area (Å²) >= 11 is 0. The number of hydrogen-bond donors (Lipinski definition) is 1. The second kappa shape index (κ2) is 7.01. The first kappa shape index (κ1) is 14.5. The van der Waals surface area contributed by atoms with E-state index >= 15 is 0 Å². The molecule has 1 N–H and O–H groups in total. The normalized spacial score (nSPS) is 27.4. The van der Waals surface area contributed by atoms with E-state index < -0.39 is 0 Å². The summed E-state index contributed by atoms with van der Waals surface area (Å²) in [4.78, 5) is 4.32. The summed E-state index contributed by atoms with van der Waals surface area (Å²) in [7, 11) is 1.75. The fraction of sp³-hybridized carbons (Fsp3) is 0.688. The molecule has 19 heavy (non-hydrogen) atoms. The van der Waals surface area contributed by atoms with Crippen LogP contribution in [0.4, 0.5) is 0 Å². The standard InChI is InChI=1S/C16H26N2O/c1-14-5-7-16(8-6-14,13-18-10-11-19-2)15-4-3-9-17-12-15/h3-4,9,12,14,18H,5-8,10-11,13H2,1-2H3. The molecule has 0 aliphatic heterocycles. The fourth-order valence-electron chi connectivity index (χ4n) is 3.06. The van der Waals surface area contributed by atoms with E-state index in [4.69, 9.17) is 4.74 Å². The Morgan fingerprint density at radius 3 is 2.84 bits per heavy atom. The van der Waals surface area contributed by atoms with Gasteiger partial charge in [0.1, 0.15) is 0 Å². The number of nitrogens with zero attached hydrogens (tertiary/aromatic N) is 1. The average molecular weight is 262 g/mol. The molecule has 0 saturated heterocycles. The van der Waals surface area contributed by atoms with Crippen LogP contribution in [0.15, 0.2) is 24.5 Å². The third kappa shape index (κ3) is 3.77. The Hall–Kier alpha value is -0.930. The van der Waals surface area contributed by atoms with E-state index in [-0.39, 0.29) is 5.41 Å². The van der Waals surface area contributed by atoms with E-state index in [1.165, 1.54) is 31.2 Å². The molecule has 1 heterocycles. The van der Waals surface area contributed by atoms with Crippen molar-refractivity contribution < 1.29 is 4.74 Å². The molecule has 2 rings (SSSR count). The quantitative estimate of drug-likeness (QED) is 0.800. The molecular formula is C16H26N2O. The van der Waals surface area contributed by atoms with Gasteiger partial charge < -0.3 is 10.1 Å². The van der Waals surface area contributed by atoms with Crippen LogP contribution >= 0.6 is 0 Å². The lowest BCUT2D eigenvalue weighted by molar-refractivity contribution is 0.187. The van der Waals surface area contributed by atoms with Gasteiger partial charge in [0.25, 0.3) is 0 Å². The van der Waals surface area contributed by atoms with Crippen LogP contribution in [-0.4, -0.2) is 31.8 Å². The monoisotopic (exact) mass is 262 g/mol. The van der Waals surface area contributed by atoms with E-state index in [1.54, 1.807) is 7.11 Å². The Morgan fingerprint density at radius 2 is 2.21 bits per heavy atom. The maximum absolute atomic E-state index is 5.11. The molecule has 1 fully saturated rings. The minimum absolute atomic E-state index is 0.272. The second-order valence-electron chi connectivity index (χ2n) is 5.87. The van der Waals surface area contributed by atoms with E-state index in [0.29, 0.717) is 0 Å². The zero-order chi connectivity index (χ0) is 13.6. The van der Waals surface area contributed by atoms with Gasteiger partial charge in [0.2, 0.25) is 0 Å². The van der Waals surface area contributed by atoms with Crippen molar-refractivity contribution in [3.63, 3.8) is 0 Å². The number of hydrogen-bond acceptors (Lipinski definition) is 3. The van der Waals surface area contributed by atoms with Crippen LogP contribution in [0.3, 0.4) is 0 Å². The summed E-state index contributed by atoms with van der Waals surface area (Å²) in [6.07, 6.45) is 9.08. The zero-order valence-electron chi connectivity index (χ0n) is 12.2. The summed E-state index contributed by atoms with van der Waals surface area (Å²) in [5.74, 6) is 0.865. The molecule has 1 aliphatic carbocycles. The molecule has 0 atom stereocenters. The lowest BCUT2D eigenvalue weighted by atomic mass is 9.67. The molecule has 1 saturated carbocycles. The largest absolute Gasteiger partial charge is 0.383 e. The summed E-state index contributed by atoms with van der Waals surface area (Å²) in [6, 6.07) is 4.30. The van der Waals surface area contributed by atoms with Crippen molar-refractivity contribution in [1.29, 1.82) is 0 Å². The van der Waals surface area contributed by atoms with Crippen LogP contribution < -0.4 is 5.32 Å². The van der Waals surface area contributed by atoms with Gasteiger partial charge in [-0.2, -0.15) is 0 Å². The van der Waals surface area contributed by atoms with Crippen molar-refractivity contribution >= 4 is 0 Å². The van der Waals surface area contributed by atoms with Crippen molar-refractivity contribution in [3.8, 4) is 0 Å². The SMILES string of the molecule is COCCNCC1(c2cccnc2)CCC(C)CC1. The molecule has 1 aromatic heterocycles. The van der Waals surface area contributed by atoms with Gasteiger partial charge in [-0.1, -0.05) is 13.0 Å². The molecule has 0 aromatic carbocycles. The fourth-order valence-corrected chi connectivity index (χ4v) is 3.06. The number of nitrogens with one attached hydrogen (secondary N) is 1. The van der Waals surface area contributed by atoms with Crippen molar-refractivity contribution in [3.05, 3.63) is 30.1 Å². The third-order valence-electron chi connectivity index (χ3n) is 4.45. The van der Waals surface area contributed by atoms with Crippen molar-refractivity contribution in [1.82, 2.24) is 10.3 Å². The number of aromatic nitrogens is 1. The van der Waals surface area contributed by atoms with Gasteiger partial charge in [-0.05, 0) is 43.2 Å². The average Bonchev–Trinajstić information content (AvgIpc) is 2.47. The Balaban J connectivity index is 2.05. The highest BCUT2D eigenvalue weighted by atomic mass is 16.5. The van der Waals surface area contributed by atoms with Gasteiger partial charge in [-0.25, -0.2) is 0 Å². The molecular weight excluding hydrogens is 236 g/mol. The predicted octanol–water partition coefficient (Wildman–Crippen LogP) is 2.77. The molecule has 1 aliphatic rings. The van der Waals surface area contributed by atoms with Crippen LogP contribution in [0, 0.1) is 5.92 Å². The minimum Gasteiger partial charge on any atom is -0.383 e. The number of rotatable bonds is 6. The maximum atomic E-state index is 5.11. The predicted molar refractivity (Wildman–Crippen MR) is 78.3 cm³/mol. The van der Waals surface area contributed by atoms with E-state index in [0.717, 1.165) is 25.6 Å². The number of pyridine rings is 1. The smallest absolute Gasteiger partial charge is 0.0587 e. The van der Waals surface area contributed by atoms with E-state index in [1.807, 2.05) is 12.4 Å². The zero-order valence-corrected chi connectivity index (χ0v) is 12.2. The molecule has 0 unspecified atom stereocenters. The lowest BCUT2D eigenvalue weighted by Gasteiger charge is -2.40. The topological polar surface area (TPSA) is 34.1 Å². The Labute approximate surface area is 116 Å². The van der Waals surface area contributed by atoms with E-state index in [9.17, 15) is 0 Å². The number of methoxy groups -OCH3 is 1. The summed E-state index contributed by atoms with van der Waals surface area (Å²) in [5, 5.41) is 3.56. The summed E-state index contributed by atoms with van der Waals surface area (Å²) in [5.41, 5.74) is 1.67. The summed E-state index contributed by atoms with van der Waals surface area (Å²) in [6.45, 7) is 5.11. The van der Waals surface area contributed by atoms with Crippen molar-refractivity contribution in [2.75, 3.05) is 26.8 Å². The Morgan fingerprint density at radius 1 is 1.42 bits per heavy atom. The van der Waals surface area contributed by atoms with Crippen LogP contribution in [0.5, 0.6) is 0 Å². The van der Waals surface area contributed by atoms with Crippen LogP contribution in [0.2, 0.25) is 0 Å². The highest BCUT2D eigenvalue weighted by Crippen LogP contribution is 2.40. The van der Waals surface area contributed by atoms with Crippen LogP contribution in [0.1, 0.15) is 38.2 Å². The molecule has 3 nitrogen and oxygen atoms in total. The van der Waals surface area contributed by atoms with Gasteiger partial charge >= 0.3 is 0 Å². The van der Waals surface area contributed by atoms with Gasteiger partial charge in [-0.15, -0.1) is 0 Å². The molecule has 106 valence electrons. The van der Waals surface area contributed by atoms with Gasteiger partial charge in [0.15, 0.2) is 0 Å². The second-order valence-corrected chi connectivity index (χ2v) is 5.87. The minimum atomic E-state index is 0.272. The molecule has 3 heteroatoms. The Kier molecular flexibility index (Phi) is 5.34.